The highest BCUT2D eigenvalue weighted by molar-refractivity contribution is 5.35. The molecule has 1 heterocycles. The molecular weight excluding hydrogens is 222 g/mol. The van der Waals surface area contributed by atoms with Gasteiger partial charge in [0.2, 0.25) is 0 Å². The van der Waals surface area contributed by atoms with Gasteiger partial charge in [-0.2, -0.15) is 0 Å². The number of aromatic hydroxyl groups is 1. The van der Waals surface area contributed by atoms with Gasteiger partial charge in [0.25, 0.3) is 0 Å². The number of benzene rings is 1. The summed E-state index contributed by atoms with van der Waals surface area (Å²) in [5, 5.41) is 9.77. The van der Waals surface area contributed by atoms with Crippen LogP contribution in [0.1, 0.15) is 37.7 Å². The Hall–Kier alpha value is -1.02. The Morgan fingerprint density at radius 2 is 2.11 bits per heavy atom. The Kier molecular flexibility index (Phi) is 3.06. The highest BCUT2D eigenvalue weighted by Gasteiger charge is 2.45. The molecule has 1 N–H and O–H groups in total. The summed E-state index contributed by atoms with van der Waals surface area (Å²) in [5.74, 6) is 1.19. The quantitative estimate of drug-likeness (QED) is 0.821. The first-order valence-electron chi connectivity index (χ1n) is 7.19. The van der Waals surface area contributed by atoms with Gasteiger partial charge in [-0.3, -0.25) is 0 Å². The molecule has 2 atom stereocenters. The van der Waals surface area contributed by atoms with Gasteiger partial charge in [0, 0.05) is 6.54 Å². The van der Waals surface area contributed by atoms with Crippen molar-refractivity contribution in [1.82, 2.24) is 4.90 Å². The van der Waals surface area contributed by atoms with Gasteiger partial charge in [-0.1, -0.05) is 18.6 Å². The van der Waals surface area contributed by atoms with E-state index in [9.17, 15) is 5.11 Å². The second-order valence-electron chi connectivity index (χ2n) is 6.16. The number of phenolic OH excluding ortho intramolecular Hbond substituents is 1. The van der Waals surface area contributed by atoms with E-state index in [4.69, 9.17) is 0 Å². The van der Waals surface area contributed by atoms with E-state index < -0.39 is 0 Å². The molecule has 0 aromatic heterocycles. The van der Waals surface area contributed by atoms with Crippen molar-refractivity contribution in [2.45, 2.75) is 37.5 Å². The minimum Gasteiger partial charge on any atom is -0.508 e. The summed E-state index contributed by atoms with van der Waals surface area (Å²) in [6.45, 7) is 2.44. The van der Waals surface area contributed by atoms with Crippen molar-refractivity contribution in [1.29, 1.82) is 0 Å². The third-order valence-corrected chi connectivity index (χ3v) is 5.07. The maximum Gasteiger partial charge on any atom is 0.115 e. The molecule has 1 saturated heterocycles. The lowest BCUT2D eigenvalue weighted by Crippen LogP contribution is -2.34. The first kappa shape index (κ1) is 12.0. The van der Waals surface area contributed by atoms with Crippen molar-refractivity contribution in [2.75, 3.05) is 20.1 Å². The van der Waals surface area contributed by atoms with Crippen molar-refractivity contribution < 1.29 is 5.11 Å². The predicted molar refractivity (Wildman–Crippen MR) is 73.9 cm³/mol. The van der Waals surface area contributed by atoms with Gasteiger partial charge < -0.3 is 10.0 Å². The molecule has 2 nitrogen and oxygen atoms in total. The second-order valence-corrected chi connectivity index (χ2v) is 6.16. The topological polar surface area (TPSA) is 23.5 Å². The van der Waals surface area contributed by atoms with E-state index in [0.29, 0.717) is 11.2 Å². The zero-order valence-corrected chi connectivity index (χ0v) is 11.2. The number of hydrogen-bond acceptors (Lipinski definition) is 2. The summed E-state index contributed by atoms with van der Waals surface area (Å²) in [5.41, 5.74) is 1.71. The van der Waals surface area contributed by atoms with Crippen LogP contribution >= 0.6 is 0 Å². The summed E-state index contributed by atoms with van der Waals surface area (Å²) in [4.78, 5) is 2.49. The van der Waals surface area contributed by atoms with E-state index in [1.807, 2.05) is 12.1 Å². The Morgan fingerprint density at radius 3 is 2.94 bits per heavy atom. The first-order valence-corrected chi connectivity index (χ1v) is 7.19. The van der Waals surface area contributed by atoms with Crippen molar-refractivity contribution in [3.63, 3.8) is 0 Å². The minimum atomic E-state index is 0.337. The van der Waals surface area contributed by atoms with Gasteiger partial charge in [-0.05, 0) is 68.3 Å². The van der Waals surface area contributed by atoms with Crippen LogP contribution in [0.4, 0.5) is 0 Å². The van der Waals surface area contributed by atoms with Crippen LogP contribution in [0.25, 0.3) is 0 Å². The van der Waals surface area contributed by atoms with Gasteiger partial charge in [-0.25, -0.2) is 0 Å². The fraction of sp³-hybridized carbons (Fsp3) is 0.625. The molecule has 1 aliphatic heterocycles. The van der Waals surface area contributed by atoms with Gasteiger partial charge in [0.05, 0.1) is 0 Å². The Bertz CT molecular complexity index is 431. The fourth-order valence-electron chi connectivity index (χ4n) is 4.21. The van der Waals surface area contributed by atoms with Crippen LogP contribution in [-0.4, -0.2) is 30.1 Å². The monoisotopic (exact) mass is 245 g/mol. The van der Waals surface area contributed by atoms with Gasteiger partial charge in [0.1, 0.15) is 5.75 Å². The third kappa shape index (κ3) is 1.93. The van der Waals surface area contributed by atoms with E-state index >= 15 is 0 Å². The molecule has 1 saturated carbocycles. The standard InChI is InChI=1S/C16H23NO/c1-17-10-4-9-16(8-3-6-14(16)12-17)13-5-2-7-15(18)11-13/h2,5,7,11,14,18H,3-4,6,8-10,12H2,1H3. The molecule has 18 heavy (non-hydrogen) atoms. The highest BCUT2D eigenvalue weighted by Crippen LogP contribution is 2.50. The molecule has 0 radical (unpaired) electrons. The molecule has 1 aliphatic carbocycles. The van der Waals surface area contributed by atoms with Crippen molar-refractivity contribution in [2.24, 2.45) is 5.92 Å². The zero-order chi connectivity index (χ0) is 12.6. The molecule has 1 aromatic carbocycles. The van der Waals surface area contributed by atoms with E-state index in [2.05, 4.69) is 18.0 Å². The molecule has 0 amide bonds. The average molecular weight is 245 g/mol. The maximum atomic E-state index is 9.77. The minimum absolute atomic E-state index is 0.337. The SMILES string of the molecule is CN1CCCC2(c3cccc(O)c3)CCCC2C1. The van der Waals surface area contributed by atoms with E-state index in [1.165, 1.54) is 50.8 Å². The van der Waals surface area contributed by atoms with Crippen molar-refractivity contribution >= 4 is 0 Å². The largest absolute Gasteiger partial charge is 0.508 e. The normalized spacial score (nSPS) is 33.1. The lowest BCUT2D eigenvalue weighted by atomic mass is 9.69. The fourth-order valence-corrected chi connectivity index (χ4v) is 4.21. The van der Waals surface area contributed by atoms with Gasteiger partial charge in [0.15, 0.2) is 0 Å². The number of nitrogens with zero attached hydrogens (tertiary/aromatic N) is 1. The van der Waals surface area contributed by atoms with Crippen molar-refractivity contribution in [3.05, 3.63) is 29.8 Å². The predicted octanol–water partition coefficient (Wildman–Crippen LogP) is 3.16. The molecule has 2 heteroatoms. The van der Waals surface area contributed by atoms with Crippen LogP contribution in [0.15, 0.2) is 24.3 Å². The van der Waals surface area contributed by atoms with E-state index in [-0.39, 0.29) is 0 Å². The number of hydrogen-bond donors (Lipinski definition) is 1. The van der Waals surface area contributed by atoms with Crippen LogP contribution in [0.3, 0.4) is 0 Å². The molecule has 0 spiro atoms. The average Bonchev–Trinajstić information content (AvgIpc) is 2.66. The van der Waals surface area contributed by atoms with Gasteiger partial charge >= 0.3 is 0 Å². The summed E-state index contributed by atoms with van der Waals surface area (Å²) < 4.78 is 0. The Morgan fingerprint density at radius 1 is 1.28 bits per heavy atom. The number of likely N-dealkylation sites (tertiary alicyclic amines) is 1. The summed E-state index contributed by atoms with van der Waals surface area (Å²) in [6.07, 6.45) is 6.55. The van der Waals surface area contributed by atoms with E-state index in [1.54, 1.807) is 6.07 Å². The van der Waals surface area contributed by atoms with Crippen LogP contribution in [0, 0.1) is 5.92 Å². The Labute approximate surface area is 110 Å². The van der Waals surface area contributed by atoms with Crippen molar-refractivity contribution in [3.8, 4) is 5.75 Å². The Balaban J connectivity index is 2.00. The molecule has 2 unspecified atom stereocenters. The molecule has 3 rings (SSSR count). The number of phenols is 1. The number of rotatable bonds is 1. The third-order valence-electron chi connectivity index (χ3n) is 5.07. The van der Waals surface area contributed by atoms with Crippen LogP contribution in [0.5, 0.6) is 5.75 Å². The smallest absolute Gasteiger partial charge is 0.115 e. The van der Waals surface area contributed by atoms with E-state index in [0.717, 1.165) is 5.92 Å². The summed E-state index contributed by atoms with van der Waals surface area (Å²) >= 11 is 0. The first-order chi connectivity index (χ1) is 8.71. The molecule has 2 fully saturated rings. The van der Waals surface area contributed by atoms with Crippen LogP contribution in [0.2, 0.25) is 0 Å². The maximum absolute atomic E-state index is 9.77. The zero-order valence-electron chi connectivity index (χ0n) is 11.2. The molecule has 98 valence electrons. The van der Waals surface area contributed by atoms with Crippen LogP contribution < -0.4 is 0 Å². The van der Waals surface area contributed by atoms with Gasteiger partial charge in [-0.15, -0.1) is 0 Å². The lowest BCUT2D eigenvalue weighted by molar-refractivity contribution is 0.252. The van der Waals surface area contributed by atoms with Crippen LogP contribution in [-0.2, 0) is 5.41 Å². The summed E-state index contributed by atoms with van der Waals surface area (Å²) in [7, 11) is 2.25. The number of fused-ring (bicyclic) bond motifs is 1. The summed E-state index contributed by atoms with van der Waals surface area (Å²) in [6, 6.07) is 8.02. The molecular formula is C16H23NO. The molecule has 0 bridgehead atoms. The highest BCUT2D eigenvalue weighted by atomic mass is 16.3. The molecule has 1 aromatic rings. The lowest BCUT2D eigenvalue weighted by Gasteiger charge is -2.35. The second kappa shape index (κ2) is 4.58. The molecule has 2 aliphatic rings.